The van der Waals surface area contributed by atoms with Crippen LogP contribution < -0.4 is 21.3 Å². The smallest absolute Gasteiger partial charge is 0.0688 e. The quantitative estimate of drug-likeness (QED) is 0.592. The van der Waals surface area contributed by atoms with Gasteiger partial charge in [0, 0.05) is 39.0 Å². The van der Waals surface area contributed by atoms with Crippen LogP contribution in [-0.4, -0.2) is 22.1 Å². The number of fused-ring (bicyclic) bond motifs is 8. The van der Waals surface area contributed by atoms with Crippen molar-refractivity contribution >= 4 is 30.4 Å². The van der Waals surface area contributed by atoms with Crippen molar-refractivity contribution in [3.8, 4) is 0 Å². The van der Waals surface area contributed by atoms with Crippen LogP contribution in [0.4, 0.5) is 0 Å². The van der Waals surface area contributed by atoms with E-state index in [0.29, 0.717) is 0 Å². The van der Waals surface area contributed by atoms with E-state index in [9.17, 15) is 0 Å². The average molecular weight is 423 g/mol. The van der Waals surface area contributed by atoms with E-state index in [0.717, 1.165) is 44.6 Å². The van der Waals surface area contributed by atoms with Gasteiger partial charge in [-0.05, 0) is 92.0 Å². The highest BCUT2D eigenvalue weighted by molar-refractivity contribution is 5.69. The van der Waals surface area contributed by atoms with Crippen LogP contribution in [0.25, 0.3) is 30.4 Å². The molecule has 2 aromatic rings. The normalized spacial score (nSPS) is 25.3. The molecule has 2 aromatic heterocycles. The number of rotatable bonds is 2. The lowest BCUT2D eigenvalue weighted by Gasteiger charge is -2.09. The number of hydrogen-bond acceptors (Lipinski definition) is 2. The molecule has 8 bridgehead atoms. The molecule has 3 aliphatic heterocycles. The molecule has 3 aliphatic rings. The minimum absolute atomic E-state index is 0.0826. The van der Waals surface area contributed by atoms with Crippen LogP contribution in [-0.2, 0) is 0 Å². The lowest BCUT2D eigenvalue weighted by molar-refractivity contribution is 0.840. The lowest BCUT2D eigenvalue weighted by Crippen LogP contribution is -2.26. The molecule has 0 amide bonds. The standard InChI is InChI=1S/C28H30N4/c1-7-21-18(6)26-14-28-22(8-2)17(5)25(31-28)12-23-15(3)9-19(29-23)11-20-10-16(4)24(30-20)13-27(21)32-26/h7-14,23,26,29-32H,1-2H2,3-6H3/b19-11-,25-12-,27-13?,28-14-. The zero-order chi connectivity index (χ0) is 22.6. The van der Waals surface area contributed by atoms with Crippen molar-refractivity contribution in [2.45, 2.75) is 39.8 Å². The molecule has 4 nitrogen and oxygen atoms in total. The molecule has 4 heteroatoms. The first-order valence-electron chi connectivity index (χ1n) is 11.1. The number of nitrogens with one attached hydrogen (secondary N) is 4. The highest BCUT2D eigenvalue weighted by atomic mass is 15.0. The van der Waals surface area contributed by atoms with Gasteiger partial charge in [0.1, 0.15) is 0 Å². The molecule has 0 saturated heterocycles. The Kier molecular flexibility index (Phi) is 4.74. The van der Waals surface area contributed by atoms with E-state index in [4.69, 9.17) is 0 Å². The molecule has 162 valence electrons. The van der Waals surface area contributed by atoms with Gasteiger partial charge in [-0.25, -0.2) is 0 Å². The highest BCUT2D eigenvalue weighted by Crippen LogP contribution is 2.29. The van der Waals surface area contributed by atoms with E-state index >= 15 is 0 Å². The monoisotopic (exact) mass is 422 g/mol. The molecule has 0 fully saturated rings. The molecule has 5 rings (SSSR count). The van der Waals surface area contributed by atoms with Gasteiger partial charge in [0.05, 0.1) is 12.1 Å². The molecule has 0 saturated carbocycles. The second-order valence-electron chi connectivity index (χ2n) is 8.94. The van der Waals surface area contributed by atoms with E-state index in [-0.39, 0.29) is 12.1 Å². The molecule has 32 heavy (non-hydrogen) atoms. The van der Waals surface area contributed by atoms with Crippen LogP contribution in [0, 0.1) is 13.8 Å². The minimum Gasteiger partial charge on any atom is -0.375 e. The maximum Gasteiger partial charge on any atom is 0.0688 e. The first-order chi connectivity index (χ1) is 15.4. The SMILES string of the molecule is C=CC1=C(C)C2/C=c3\[nH]/c(c(C)c3C=C)=C\C3N/C(=C\c4cc(C)c([nH]4)C=C1N2)C=C3C. The second-order valence-corrected chi connectivity index (χ2v) is 8.94. The number of aryl methyl sites for hydroxylation is 1. The molecular formula is C28H30N4. The van der Waals surface area contributed by atoms with Gasteiger partial charge in [-0.15, -0.1) is 0 Å². The number of aromatic nitrogens is 2. The Bertz CT molecular complexity index is 1400. The number of allylic oxidation sites excluding steroid dienone is 2. The van der Waals surface area contributed by atoms with Crippen molar-refractivity contribution < 1.29 is 0 Å². The molecule has 2 atom stereocenters. The summed E-state index contributed by atoms with van der Waals surface area (Å²) >= 11 is 0. The fraction of sp³-hybridized carbons (Fsp3) is 0.214. The van der Waals surface area contributed by atoms with E-state index in [1.165, 1.54) is 22.3 Å². The molecule has 0 aliphatic carbocycles. The molecule has 0 spiro atoms. The maximum atomic E-state index is 4.08. The van der Waals surface area contributed by atoms with Gasteiger partial charge in [0.15, 0.2) is 0 Å². The van der Waals surface area contributed by atoms with Crippen molar-refractivity contribution in [2.24, 2.45) is 0 Å². The van der Waals surface area contributed by atoms with E-state index in [1.807, 2.05) is 12.2 Å². The third kappa shape index (κ3) is 3.23. The Labute approximate surface area is 189 Å². The van der Waals surface area contributed by atoms with Crippen molar-refractivity contribution in [3.63, 3.8) is 0 Å². The maximum absolute atomic E-state index is 4.08. The van der Waals surface area contributed by atoms with Crippen LogP contribution in [0.3, 0.4) is 0 Å². The van der Waals surface area contributed by atoms with Crippen LogP contribution >= 0.6 is 0 Å². The summed E-state index contributed by atoms with van der Waals surface area (Å²) in [6.07, 6.45) is 15.0. The van der Waals surface area contributed by atoms with E-state index < -0.39 is 0 Å². The Balaban J connectivity index is 1.78. The van der Waals surface area contributed by atoms with Crippen molar-refractivity contribution in [3.05, 3.63) is 98.3 Å². The number of H-pyrrole nitrogens is 2. The van der Waals surface area contributed by atoms with Crippen molar-refractivity contribution in [1.29, 1.82) is 0 Å². The van der Waals surface area contributed by atoms with Gasteiger partial charge in [0.25, 0.3) is 0 Å². The number of hydrogen-bond donors (Lipinski definition) is 4. The fourth-order valence-electron chi connectivity index (χ4n) is 4.91. The third-order valence-corrected chi connectivity index (χ3v) is 6.81. The van der Waals surface area contributed by atoms with Crippen LogP contribution in [0.5, 0.6) is 0 Å². The lowest BCUT2D eigenvalue weighted by atomic mass is 10.0. The predicted molar refractivity (Wildman–Crippen MR) is 136 cm³/mol. The molecule has 0 aromatic carbocycles. The van der Waals surface area contributed by atoms with Crippen LogP contribution in [0.15, 0.2) is 59.5 Å². The minimum atomic E-state index is 0.0826. The Morgan fingerprint density at radius 2 is 1.62 bits per heavy atom. The predicted octanol–water partition coefficient (Wildman–Crippen LogP) is 3.95. The molecular weight excluding hydrogens is 392 g/mol. The first kappa shape index (κ1) is 20.3. The summed E-state index contributed by atoms with van der Waals surface area (Å²) in [6, 6.07) is 2.43. The Morgan fingerprint density at radius 3 is 2.38 bits per heavy atom. The first-order valence-corrected chi connectivity index (χ1v) is 11.1. The van der Waals surface area contributed by atoms with Crippen LogP contribution in [0.1, 0.15) is 41.9 Å². The van der Waals surface area contributed by atoms with Crippen molar-refractivity contribution in [1.82, 2.24) is 20.6 Å². The summed E-state index contributed by atoms with van der Waals surface area (Å²) < 4.78 is 0. The second kappa shape index (κ2) is 7.49. The summed E-state index contributed by atoms with van der Waals surface area (Å²) in [5.74, 6) is 0. The Morgan fingerprint density at radius 1 is 0.844 bits per heavy atom. The van der Waals surface area contributed by atoms with Crippen molar-refractivity contribution in [2.75, 3.05) is 0 Å². The van der Waals surface area contributed by atoms with Gasteiger partial charge in [0.2, 0.25) is 0 Å². The summed E-state index contributed by atoms with van der Waals surface area (Å²) in [5, 5.41) is 9.55. The zero-order valence-electron chi connectivity index (χ0n) is 19.2. The molecule has 4 N–H and O–H groups in total. The van der Waals surface area contributed by atoms with Gasteiger partial charge in [-0.3, -0.25) is 0 Å². The Hall–Kier alpha value is -3.66. The summed E-state index contributed by atoms with van der Waals surface area (Å²) in [6.45, 7) is 16.8. The molecule has 0 radical (unpaired) electrons. The largest absolute Gasteiger partial charge is 0.375 e. The zero-order valence-corrected chi connectivity index (χ0v) is 19.2. The fourth-order valence-corrected chi connectivity index (χ4v) is 4.91. The van der Waals surface area contributed by atoms with Gasteiger partial charge >= 0.3 is 0 Å². The third-order valence-electron chi connectivity index (χ3n) is 6.81. The van der Waals surface area contributed by atoms with Gasteiger partial charge in [-0.2, -0.15) is 0 Å². The molecule has 5 heterocycles. The summed E-state index contributed by atoms with van der Waals surface area (Å²) in [5.41, 5.74) is 11.7. The van der Waals surface area contributed by atoms with Gasteiger partial charge in [-0.1, -0.05) is 25.3 Å². The topological polar surface area (TPSA) is 55.6 Å². The average Bonchev–Trinajstić information content (AvgIpc) is 3.44. The summed E-state index contributed by atoms with van der Waals surface area (Å²) in [7, 11) is 0. The van der Waals surface area contributed by atoms with E-state index in [1.54, 1.807) is 0 Å². The van der Waals surface area contributed by atoms with Crippen LogP contribution in [0.2, 0.25) is 0 Å². The molecule has 2 unspecified atom stereocenters. The summed E-state index contributed by atoms with van der Waals surface area (Å²) in [4.78, 5) is 7.22. The highest BCUT2D eigenvalue weighted by Gasteiger charge is 2.24. The van der Waals surface area contributed by atoms with Gasteiger partial charge < -0.3 is 20.6 Å². The van der Waals surface area contributed by atoms with E-state index in [2.05, 4.69) is 97.9 Å². The number of aromatic amines is 2.